The minimum absolute atomic E-state index is 0.0980. The number of nitrogens with one attached hydrogen (secondary N) is 1. The van der Waals surface area contributed by atoms with Gasteiger partial charge in [0.25, 0.3) is 5.91 Å². The van der Waals surface area contributed by atoms with Crippen LogP contribution in [0.2, 0.25) is 0 Å². The van der Waals surface area contributed by atoms with E-state index >= 15 is 0 Å². The summed E-state index contributed by atoms with van der Waals surface area (Å²) in [4.78, 5) is 12.3. The molecule has 2 aromatic carbocycles. The number of aromatic nitrogens is 1. The number of hydrogen-bond acceptors (Lipinski definition) is 1. The van der Waals surface area contributed by atoms with E-state index in [0.29, 0.717) is 5.56 Å². The second kappa shape index (κ2) is 5.37. The number of nitrogens with zero attached hydrogens (tertiary/aromatic N) is 1. The van der Waals surface area contributed by atoms with Crippen molar-refractivity contribution in [1.82, 2.24) is 4.57 Å². The van der Waals surface area contributed by atoms with Gasteiger partial charge in [-0.1, -0.05) is 22.0 Å². The Morgan fingerprint density at radius 2 is 1.81 bits per heavy atom. The third kappa shape index (κ3) is 2.59. The van der Waals surface area contributed by atoms with Crippen molar-refractivity contribution in [1.29, 1.82) is 0 Å². The van der Waals surface area contributed by atoms with Crippen LogP contribution in [0.15, 0.2) is 53.1 Å². The number of anilines is 1. The van der Waals surface area contributed by atoms with Gasteiger partial charge in [0.2, 0.25) is 0 Å². The van der Waals surface area contributed by atoms with Crippen LogP contribution in [0.25, 0.3) is 10.9 Å². The molecule has 21 heavy (non-hydrogen) atoms. The molecule has 3 rings (SSSR count). The summed E-state index contributed by atoms with van der Waals surface area (Å²) in [6.07, 6.45) is 2.03. The van der Waals surface area contributed by atoms with Crippen LogP contribution in [0.1, 0.15) is 15.9 Å². The Kier molecular flexibility index (Phi) is 3.55. The zero-order chi connectivity index (χ0) is 15.0. The fraction of sp³-hybridized carbons (Fsp3) is 0.118. The van der Waals surface area contributed by atoms with Crippen molar-refractivity contribution >= 4 is 38.4 Å². The van der Waals surface area contributed by atoms with E-state index in [0.717, 1.165) is 21.2 Å². The summed E-state index contributed by atoms with van der Waals surface area (Å²) in [7, 11) is 2.01. The number of amides is 1. The summed E-state index contributed by atoms with van der Waals surface area (Å²) in [5.74, 6) is -0.0980. The largest absolute Gasteiger partial charge is 0.350 e. The molecule has 1 N–H and O–H groups in total. The van der Waals surface area contributed by atoms with E-state index in [1.54, 1.807) is 12.1 Å². The summed E-state index contributed by atoms with van der Waals surface area (Å²) in [6, 6.07) is 13.4. The molecule has 1 amide bonds. The van der Waals surface area contributed by atoms with Gasteiger partial charge in [-0.05, 0) is 54.3 Å². The SMILES string of the molecule is Cc1c(NC(=O)c2ccc(Br)cc2)ccc2ccn(C)c12. The normalized spacial score (nSPS) is 10.8. The van der Waals surface area contributed by atoms with Crippen molar-refractivity contribution in [3.05, 3.63) is 64.3 Å². The van der Waals surface area contributed by atoms with Gasteiger partial charge in [-0.3, -0.25) is 4.79 Å². The Bertz CT molecular complexity index is 819. The first-order chi connectivity index (χ1) is 10.1. The van der Waals surface area contributed by atoms with E-state index in [-0.39, 0.29) is 5.91 Å². The highest BCUT2D eigenvalue weighted by atomic mass is 79.9. The highest BCUT2D eigenvalue weighted by molar-refractivity contribution is 9.10. The Hall–Kier alpha value is -2.07. The van der Waals surface area contributed by atoms with Gasteiger partial charge in [0.15, 0.2) is 0 Å². The number of halogens is 1. The van der Waals surface area contributed by atoms with Crippen LogP contribution < -0.4 is 5.32 Å². The average Bonchev–Trinajstić information content (AvgIpc) is 2.85. The monoisotopic (exact) mass is 342 g/mol. The molecule has 0 bridgehead atoms. The smallest absolute Gasteiger partial charge is 0.255 e. The summed E-state index contributed by atoms with van der Waals surface area (Å²) in [6.45, 7) is 2.03. The minimum atomic E-state index is -0.0980. The first-order valence-electron chi connectivity index (χ1n) is 6.68. The second-order valence-corrected chi connectivity index (χ2v) is 5.98. The molecule has 3 nitrogen and oxygen atoms in total. The van der Waals surface area contributed by atoms with Crippen molar-refractivity contribution in [2.75, 3.05) is 5.32 Å². The van der Waals surface area contributed by atoms with E-state index in [4.69, 9.17) is 0 Å². The lowest BCUT2D eigenvalue weighted by atomic mass is 10.1. The van der Waals surface area contributed by atoms with E-state index < -0.39 is 0 Å². The van der Waals surface area contributed by atoms with E-state index in [1.807, 2.05) is 44.4 Å². The van der Waals surface area contributed by atoms with Gasteiger partial charge >= 0.3 is 0 Å². The molecule has 1 heterocycles. The van der Waals surface area contributed by atoms with Crippen LogP contribution in [0.5, 0.6) is 0 Å². The molecule has 0 saturated heterocycles. The van der Waals surface area contributed by atoms with Crippen LogP contribution in [-0.4, -0.2) is 10.5 Å². The fourth-order valence-electron chi connectivity index (χ4n) is 2.52. The van der Waals surface area contributed by atoms with Gasteiger partial charge in [-0.2, -0.15) is 0 Å². The van der Waals surface area contributed by atoms with Gasteiger partial charge in [0.1, 0.15) is 0 Å². The van der Waals surface area contributed by atoms with Gasteiger partial charge in [-0.15, -0.1) is 0 Å². The second-order valence-electron chi connectivity index (χ2n) is 5.06. The Labute approximate surface area is 131 Å². The molecule has 0 spiro atoms. The van der Waals surface area contributed by atoms with Gasteiger partial charge < -0.3 is 9.88 Å². The number of carbonyl (C=O) groups is 1. The molecular weight excluding hydrogens is 328 g/mol. The zero-order valence-electron chi connectivity index (χ0n) is 11.9. The van der Waals surface area contributed by atoms with E-state index in [9.17, 15) is 4.79 Å². The van der Waals surface area contributed by atoms with Crippen molar-refractivity contribution in [2.24, 2.45) is 7.05 Å². The third-order valence-corrected chi connectivity index (χ3v) is 4.18. The van der Waals surface area contributed by atoms with E-state index in [1.165, 1.54) is 5.39 Å². The fourth-order valence-corrected chi connectivity index (χ4v) is 2.79. The Morgan fingerprint density at radius 1 is 1.10 bits per heavy atom. The van der Waals surface area contributed by atoms with Crippen LogP contribution >= 0.6 is 15.9 Å². The number of benzene rings is 2. The summed E-state index contributed by atoms with van der Waals surface area (Å²) >= 11 is 3.37. The molecule has 106 valence electrons. The maximum Gasteiger partial charge on any atom is 0.255 e. The molecule has 1 aromatic heterocycles. The lowest BCUT2D eigenvalue weighted by molar-refractivity contribution is 0.102. The highest BCUT2D eigenvalue weighted by Crippen LogP contribution is 2.26. The Morgan fingerprint density at radius 3 is 2.52 bits per heavy atom. The third-order valence-electron chi connectivity index (χ3n) is 3.65. The topological polar surface area (TPSA) is 34.0 Å². The van der Waals surface area contributed by atoms with Crippen molar-refractivity contribution in [3.63, 3.8) is 0 Å². The molecule has 0 saturated carbocycles. The average molecular weight is 343 g/mol. The predicted molar refractivity (Wildman–Crippen MR) is 89.8 cm³/mol. The van der Waals surface area contributed by atoms with E-state index in [2.05, 4.69) is 31.9 Å². The Balaban J connectivity index is 1.94. The zero-order valence-corrected chi connectivity index (χ0v) is 13.4. The molecule has 4 heteroatoms. The minimum Gasteiger partial charge on any atom is -0.350 e. The molecule has 0 aliphatic carbocycles. The van der Waals surface area contributed by atoms with Crippen LogP contribution in [0.3, 0.4) is 0 Å². The highest BCUT2D eigenvalue weighted by Gasteiger charge is 2.10. The van der Waals surface area contributed by atoms with Crippen molar-refractivity contribution < 1.29 is 4.79 Å². The van der Waals surface area contributed by atoms with Crippen LogP contribution in [0.4, 0.5) is 5.69 Å². The van der Waals surface area contributed by atoms with Gasteiger partial charge in [0, 0.05) is 29.0 Å². The maximum absolute atomic E-state index is 12.3. The number of carbonyl (C=O) groups excluding carboxylic acids is 1. The standard InChI is InChI=1S/C17H15BrN2O/c1-11-15(8-5-12-9-10-20(2)16(11)12)19-17(21)13-3-6-14(18)7-4-13/h3-10H,1-2H3,(H,19,21). The molecule has 3 aromatic rings. The van der Waals surface area contributed by atoms with Gasteiger partial charge in [0.05, 0.1) is 5.52 Å². The summed E-state index contributed by atoms with van der Waals surface area (Å²) in [5.41, 5.74) is 3.70. The lowest BCUT2D eigenvalue weighted by Crippen LogP contribution is -2.12. The lowest BCUT2D eigenvalue weighted by Gasteiger charge is -2.11. The molecule has 0 radical (unpaired) electrons. The first-order valence-corrected chi connectivity index (χ1v) is 7.47. The van der Waals surface area contributed by atoms with Crippen molar-refractivity contribution in [3.8, 4) is 0 Å². The van der Waals surface area contributed by atoms with Crippen molar-refractivity contribution in [2.45, 2.75) is 6.92 Å². The number of rotatable bonds is 2. The molecule has 0 aliphatic heterocycles. The van der Waals surface area contributed by atoms with Crippen LogP contribution in [0, 0.1) is 6.92 Å². The first kappa shape index (κ1) is 13.9. The molecule has 0 aliphatic rings. The summed E-state index contributed by atoms with van der Waals surface area (Å²) < 4.78 is 3.03. The molecule has 0 atom stereocenters. The van der Waals surface area contributed by atoms with Crippen LogP contribution in [-0.2, 0) is 7.05 Å². The maximum atomic E-state index is 12.3. The predicted octanol–water partition coefficient (Wildman–Crippen LogP) is 4.50. The number of hydrogen-bond donors (Lipinski definition) is 1. The molecule has 0 unspecified atom stereocenters. The number of aryl methyl sites for hydroxylation is 2. The van der Waals surface area contributed by atoms with Gasteiger partial charge in [-0.25, -0.2) is 0 Å². The summed E-state index contributed by atoms with van der Waals surface area (Å²) in [5, 5.41) is 4.16. The number of fused-ring (bicyclic) bond motifs is 1. The molecule has 0 fully saturated rings. The molecular formula is C17H15BrN2O. The quantitative estimate of drug-likeness (QED) is 0.730.